The van der Waals surface area contributed by atoms with Gasteiger partial charge in [-0.15, -0.1) is 0 Å². The van der Waals surface area contributed by atoms with Crippen LogP contribution in [0.15, 0.2) is 60.8 Å². The number of nitrogens with zero attached hydrogens (tertiary/aromatic N) is 1. The summed E-state index contributed by atoms with van der Waals surface area (Å²) in [6.07, 6.45) is 6.14. The summed E-state index contributed by atoms with van der Waals surface area (Å²) in [5, 5.41) is 0. The van der Waals surface area contributed by atoms with Crippen LogP contribution in [0.2, 0.25) is 0 Å². The molecule has 0 radical (unpaired) electrons. The lowest BCUT2D eigenvalue weighted by molar-refractivity contribution is 0.615. The van der Waals surface area contributed by atoms with E-state index >= 15 is 0 Å². The quantitative estimate of drug-likeness (QED) is 0.646. The molecule has 0 saturated carbocycles. The fraction of sp³-hybridized carbons (Fsp3) is 0.0769. The van der Waals surface area contributed by atoms with E-state index in [0.29, 0.717) is 0 Å². The first-order chi connectivity index (χ1) is 6.79. The molecule has 0 saturated heterocycles. The van der Waals surface area contributed by atoms with Crippen molar-refractivity contribution >= 4 is 5.70 Å². The van der Waals surface area contributed by atoms with Gasteiger partial charge in [-0.2, -0.15) is 0 Å². The molecule has 1 aromatic rings. The molecular weight excluding hydrogens is 170 g/mol. The van der Waals surface area contributed by atoms with Crippen molar-refractivity contribution in [2.75, 3.05) is 7.05 Å². The SMILES string of the molecule is C=C1C=CC=C(c2ccccc2)N1C. The lowest BCUT2D eigenvalue weighted by atomic mass is 10.1. The minimum absolute atomic E-state index is 1.02. The minimum atomic E-state index is 1.02. The summed E-state index contributed by atoms with van der Waals surface area (Å²) < 4.78 is 0. The molecule has 1 heterocycles. The van der Waals surface area contributed by atoms with Gasteiger partial charge >= 0.3 is 0 Å². The van der Waals surface area contributed by atoms with E-state index in [4.69, 9.17) is 0 Å². The summed E-state index contributed by atoms with van der Waals surface area (Å²) in [5.41, 5.74) is 3.44. The largest absolute Gasteiger partial charge is 0.345 e. The van der Waals surface area contributed by atoms with E-state index in [-0.39, 0.29) is 0 Å². The molecule has 0 spiro atoms. The Morgan fingerprint density at radius 1 is 1.14 bits per heavy atom. The summed E-state index contributed by atoms with van der Waals surface area (Å²) in [4.78, 5) is 2.09. The van der Waals surface area contributed by atoms with Crippen LogP contribution < -0.4 is 0 Å². The zero-order valence-electron chi connectivity index (χ0n) is 8.27. The zero-order chi connectivity index (χ0) is 9.97. The number of allylic oxidation sites excluding steroid dienone is 3. The van der Waals surface area contributed by atoms with Crippen LogP contribution in [0.25, 0.3) is 5.70 Å². The molecule has 14 heavy (non-hydrogen) atoms. The molecule has 0 amide bonds. The Labute approximate surface area is 84.7 Å². The van der Waals surface area contributed by atoms with E-state index in [1.54, 1.807) is 0 Å². The fourth-order valence-electron chi connectivity index (χ4n) is 1.53. The summed E-state index contributed by atoms with van der Waals surface area (Å²) in [5.74, 6) is 0. The third-order valence-corrected chi connectivity index (χ3v) is 2.40. The van der Waals surface area contributed by atoms with Gasteiger partial charge in [0.1, 0.15) is 0 Å². The van der Waals surface area contributed by atoms with Crippen molar-refractivity contribution in [3.05, 3.63) is 66.4 Å². The van der Waals surface area contributed by atoms with Crippen LogP contribution in [0.5, 0.6) is 0 Å². The van der Waals surface area contributed by atoms with Crippen molar-refractivity contribution in [2.45, 2.75) is 0 Å². The number of benzene rings is 1. The smallest absolute Gasteiger partial charge is 0.0481 e. The van der Waals surface area contributed by atoms with Crippen LogP contribution in [0.4, 0.5) is 0 Å². The highest BCUT2D eigenvalue weighted by Gasteiger charge is 2.10. The third-order valence-electron chi connectivity index (χ3n) is 2.40. The van der Waals surface area contributed by atoms with E-state index in [2.05, 4.69) is 29.7 Å². The van der Waals surface area contributed by atoms with Crippen LogP contribution in [-0.2, 0) is 0 Å². The molecule has 0 unspecified atom stereocenters. The topological polar surface area (TPSA) is 3.24 Å². The van der Waals surface area contributed by atoms with E-state index in [1.807, 2.05) is 37.4 Å². The van der Waals surface area contributed by atoms with Crippen LogP contribution in [0.1, 0.15) is 5.56 Å². The van der Waals surface area contributed by atoms with E-state index < -0.39 is 0 Å². The first-order valence-electron chi connectivity index (χ1n) is 4.65. The highest BCUT2D eigenvalue weighted by atomic mass is 15.1. The monoisotopic (exact) mass is 183 g/mol. The molecule has 0 aromatic heterocycles. The molecule has 1 aliphatic rings. The number of hydrogen-bond acceptors (Lipinski definition) is 1. The zero-order valence-corrected chi connectivity index (χ0v) is 8.27. The van der Waals surface area contributed by atoms with Crippen molar-refractivity contribution < 1.29 is 0 Å². The van der Waals surface area contributed by atoms with Gasteiger partial charge in [-0.1, -0.05) is 43.0 Å². The van der Waals surface area contributed by atoms with Gasteiger partial charge in [0.25, 0.3) is 0 Å². The van der Waals surface area contributed by atoms with Crippen LogP contribution in [0, 0.1) is 0 Å². The minimum Gasteiger partial charge on any atom is -0.345 e. The van der Waals surface area contributed by atoms with Crippen molar-refractivity contribution in [3.8, 4) is 0 Å². The first-order valence-corrected chi connectivity index (χ1v) is 4.65. The summed E-state index contributed by atoms with van der Waals surface area (Å²) in [6, 6.07) is 10.3. The molecule has 1 nitrogen and oxygen atoms in total. The van der Waals surface area contributed by atoms with E-state index in [9.17, 15) is 0 Å². The van der Waals surface area contributed by atoms with Gasteiger partial charge in [-0.05, 0) is 17.7 Å². The van der Waals surface area contributed by atoms with Gasteiger partial charge in [0.15, 0.2) is 0 Å². The van der Waals surface area contributed by atoms with Gasteiger partial charge < -0.3 is 4.90 Å². The number of likely N-dealkylation sites (N-methyl/N-ethyl adjacent to an activating group) is 1. The van der Waals surface area contributed by atoms with Gasteiger partial charge in [0.2, 0.25) is 0 Å². The maximum absolute atomic E-state index is 3.97. The summed E-state index contributed by atoms with van der Waals surface area (Å²) >= 11 is 0. The van der Waals surface area contributed by atoms with Gasteiger partial charge in [-0.3, -0.25) is 0 Å². The van der Waals surface area contributed by atoms with Gasteiger partial charge in [0.05, 0.1) is 0 Å². The predicted molar refractivity (Wildman–Crippen MR) is 60.5 cm³/mol. The lowest BCUT2D eigenvalue weighted by Gasteiger charge is -2.25. The molecule has 1 heteroatoms. The Bertz CT molecular complexity index is 399. The van der Waals surface area contributed by atoms with Crippen molar-refractivity contribution in [1.82, 2.24) is 4.90 Å². The molecular formula is C13H13N. The molecule has 1 aliphatic heterocycles. The van der Waals surface area contributed by atoms with E-state index in [0.717, 1.165) is 5.70 Å². The Morgan fingerprint density at radius 2 is 1.86 bits per heavy atom. The Hall–Kier alpha value is -1.76. The Kier molecular flexibility index (Phi) is 2.23. The summed E-state index contributed by atoms with van der Waals surface area (Å²) in [6.45, 7) is 3.97. The Morgan fingerprint density at radius 3 is 2.57 bits per heavy atom. The standard InChI is InChI=1S/C13H13N/c1-11-7-6-10-13(14(11)2)12-8-4-3-5-9-12/h3-10H,1H2,2H3. The second kappa shape index (κ2) is 3.54. The summed E-state index contributed by atoms with van der Waals surface area (Å²) in [7, 11) is 2.03. The maximum Gasteiger partial charge on any atom is 0.0481 e. The van der Waals surface area contributed by atoms with Crippen LogP contribution in [-0.4, -0.2) is 11.9 Å². The molecule has 0 bridgehead atoms. The Balaban J connectivity index is 2.40. The highest BCUT2D eigenvalue weighted by Crippen LogP contribution is 2.24. The number of hydrogen-bond donors (Lipinski definition) is 0. The third kappa shape index (κ3) is 1.49. The molecule has 2 rings (SSSR count). The van der Waals surface area contributed by atoms with E-state index in [1.165, 1.54) is 11.3 Å². The first kappa shape index (κ1) is 8.82. The second-order valence-corrected chi connectivity index (χ2v) is 3.33. The average molecular weight is 183 g/mol. The van der Waals surface area contributed by atoms with Crippen LogP contribution in [0.3, 0.4) is 0 Å². The normalized spacial score (nSPS) is 15.6. The van der Waals surface area contributed by atoms with Crippen LogP contribution >= 0.6 is 0 Å². The average Bonchev–Trinajstić information content (AvgIpc) is 2.23. The molecule has 0 atom stereocenters. The van der Waals surface area contributed by atoms with Gasteiger partial charge in [0, 0.05) is 18.4 Å². The molecule has 1 aromatic carbocycles. The predicted octanol–water partition coefficient (Wildman–Crippen LogP) is 3.04. The second-order valence-electron chi connectivity index (χ2n) is 3.33. The fourth-order valence-corrected chi connectivity index (χ4v) is 1.53. The molecule has 0 aliphatic carbocycles. The van der Waals surface area contributed by atoms with Crippen molar-refractivity contribution in [3.63, 3.8) is 0 Å². The number of rotatable bonds is 1. The maximum atomic E-state index is 3.97. The lowest BCUT2D eigenvalue weighted by Crippen LogP contribution is -2.16. The van der Waals surface area contributed by atoms with Gasteiger partial charge in [-0.25, -0.2) is 0 Å². The van der Waals surface area contributed by atoms with Crippen molar-refractivity contribution in [1.29, 1.82) is 0 Å². The molecule has 0 N–H and O–H groups in total. The van der Waals surface area contributed by atoms with Crippen molar-refractivity contribution in [2.24, 2.45) is 0 Å². The molecule has 0 fully saturated rings. The highest BCUT2D eigenvalue weighted by molar-refractivity contribution is 5.69. The molecule has 70 valence electrons.